The molecule has 3 heterocycles. The van der Waals surface area contributed by atoms with E-state index in [1.54, 1.807) is 12.4 Å². The molecule has 3 aromatic rings. The first-order chi connectivity index (χ1) is 11.3. The Labute approximate surface area is 133 Å². The fraction of sp³-hybridized carbons (Fsp3) is 0.294. The summed E-state index contributed by atoms with van der Waals surface area (Å²) < 4.78 is 15.1. The third-order valence-electron chi connectivity index (χ3n) is 4.35. The molecule has 1 unspecified atom stereocenters. The standard InChI is InChI=1S/C17H18FN5/c18-13-1-3-15(4-2-13)22-7-5-14(12-22)20-9-16-10-21-17-11-19-6-8-23(16)17/h1-4,6,8,10-11,14,20H,5,7,9,12H2. The van der Waals surface area contributed by atoms with Crippen LogP contribution in [0.1, 0.15) is 12.1 Å². The normalized spacial score (nSPS) is 18.0. The Morgan fingerprint density at radius 2 is 2.09 bits per heavy atom. The van der Waals surface area contributed by atoms with Crippen molar-refractivity contribution in [2.75, 3.05) is 18.0 Å². The molecule has 1 fully saturated rings. The molecule has 0 aliphatic carbocycles. The molecule has 2 aromatic heterocycles. The molecule has 1 saturated heterocycles. The van der Waals surface area contributed by atoms with Crippen LogP contribution in [-0.2, 0) is 6.54 Å². The van der Waals surface area contributed by atoms with Gasteiger partial charge in [-0.1, -0.05) is 0 Å². The molecule has 0 bridgehead atoms. The first kappa shape index (κ1) is 14.1. The van der Waals surface area contributed by atoms with E-state index in [1.165, 1.54) is 12.1 Å². The maximum Gasteiger partial charge on any atom is 0.155 e. The van der Waals surface area contributed by atoms with Crippen molar-refractivity contribution in [2.24, 2.45) is 0 Å². The van der Waals surface area contributed by atoms with Crippen LogP contribution in [0.25, 0.3) is 5.65 Å². The Bertz CT molecular complexity index is 798. The lowest BCUT2D eigenvalue weighted by Crippen LogP contribution is -2.32. The topological polar surface area (TPSA) is 45.5 Å². The molecule has 0 amide bonds. The Morgan fingerprint density at radius 1 is 1.22 bits per heavy atom. The van der Waals surface area contributed by atoms with E-state index in [-0.39, 0.29) is 5.82 Å². The van der Waals surface area contributed by atoms with Crippen molar-refractivity contribution < 1.29 is 4.39 Å². The minimum absolute atomic E-state index is 0.190. The van der Waals surface area contributed by atoms with E-state index in [2.05, 4.69) is 20.2 Å². The molecule has 1 aromatic carbocycles. The van der Waals surface area contributed by atoms with E-state index < -0.39 is 0 Å². The molecule has 23 heavy (non-hydrogen) atoms. The largest absolute Gasteiger partial charge is 0.370 e. The first-order valence-corrected chi connectivity index (χ1v) is 7.79. The van der Waals surface area contributed by atoms with Gasteiger partial charge in [0.05, 0.1) is 18.1 Å². The molecule has 6 heteroatoms. The number of nitrogens with one attached hydrogen (secondary N) is 1. The molecule has 0 saturated carbocycles. The van der Waals surface area contributed by atoms with Crippen molar-refractivity contribution in [3.63, 3.8) is 0 Å². The molecular formula is C17H18FN5. The average Bonchev–Trinajstić information content (AvgIpc) is 3.20. The quantitative estimate of drug-likeness (QED) is 0.802. The average molecular weight is 311 g/mol. The van der Waals surface area contributed by atoms with Crippen molar-refractivity contribution in [3.05, 3.63) is 60.6 Å². The number of hydrogen-bond acceptors (Lipinski definition) is 4. The summed E-state index contributed by atoms with van der Waals surface area (Å²) in [5.41, 5.74) is 3.07. The second-order valence-electron chi connectivity index (χ2n) is 5.84. The third-order valence-corrected chi connectivity index (χ3v) is 4.35. The number of rotatable bonds is 4. The van der Waals surface area contributed by atoms with Gasteiger partial charge in [-0.2, -0.15) is 0 Å². The minimum Gasteiger partial charge on any atom is -0.370 e. The lowest BCUT2D eigenvalue weighted by molar-refractivity contribution is 0.544. The number of aromatic nitrogens is 3. The smallest absolute Gasteiger partial charge is 0.155 e. The summed E-state index contributed by atoms with van der Waals surface area (Å²) in [6, 6.07) is 7.14. The second kappa shape index (κ2) is 5.96. The van der Waals surface area contributed by atoms with E-state index in [9.17, 15) is 4.39 Å². The van der Waals surface area contributed by atoms with Crippen LogP contribution >= 0.6 is 0 Å². The highest BCUT2D eigenvalue weighted by molar-refractivity contribution is 5.47. The van der Waals surface area contributed by atoms with Crippen molar-refractivity contribution in [1.29, 1.82) is 0 Å². The maximum atomic E-state index is 13.0. The summed E-state index contributed by atoms with van der Waals surface area (Å²) in [4.78, 5) is 10.7. The van der Waals surface area contributed by atoms with E-state index in [0.29, 0.717) is 6.04 Å². The summed E-state index contributed by atoms with van der Waals surface area (Å²) >= 11 is 0. The molecule has 0 spiro atoms. The van der Waals surface area contributed by atoms with Crippen LogP contribution in [0.3, 0.4) is 0 Å². The van der Waals surface area contributed by atoms with Crippen LogP contribution in [0.15, 0.2) is 49.1 Å². The van der Waals surface area contributed by atoms with Crippen molar-refractivity contribution in [3.8, 4) is 0 Å². The lowest BCUT2D eigenvalue weighted by Gasteiger charge is -2.19. The van der Waals surface area contributed by atoms with E-state index in [0.717, 1.165) is 43.1 Å². The van der Waals surface area contributed by atoms with Gasteiger partial charge in [0.1, 0.15) is 5.82 Å². The van der Waals surface area contributed by atoms with Gasteiger partial charge in [-0.05, 0) is 30.7 Å². The van der Waals surface area contributed by atoms with Crippen LogP contribution in [-0.4, -0.2) is 33.5 Å². The number of benzene rings is 1. The number of anilines is 1. The SMILES string of the molecule is Fc1ccc(N2CCC(NCc3cnc4cnccn34)C2)cc1. The van der Waals surface area contributed by atoms with Gasteiger partial charge in [0, 0.05) is 43.8 Å². The highest BCUT2D eigenvalue weighted by Gasteiger charge is 2.22. The Morgan fingerprint density at radius 3 is 2.96 bits per heavy atom. The second-order valence-corrected chi connectivity index (χ2v) is 5.84. The van der Waals surface area contributed by atoms with Gasteiger partial charge in [0.25, 0.3) is 0 Å². The highest BCUT2D eigenvalue weighted by Crippen LogP contribution is 2.20. The monoisotopic (exact) mass is 311 g/mol. The predicted octanol–water partition coefficient (Wildman–Crippen LogP) is 2.24. The molecule has 0 radical (unpaired) electrons. The Hall–Kier alpha value is -2.47. The maximum absolute atomic E-state index is 13.0. The number of halogens is 1. The summed E-state index contributed by atoms with van der Waals surface area (Å²) in [5, 5.41) is 3.59. The van der Waals surface area contributed by atoms with E-state index >= 15 is 0 Å². The van der Waals surface area contributed by atoms with Crippen LogP contribution in [0.5, 0.6) is 0 Å². The van der Waals surface area contributed by atoms with Gasteiger partial charge in [-0.15, -0.1) is 0 Å². The summed E-state index contributed by atoms with van der Waals surface area (Å²) in [6.45, 7) is 2.69. The van der Waals surface area contributed by atoms with Crippen molar-refractivity contribution >= 4 is 11.3 Å². The first-order valence-electron chi connectivity index (χ1n) is 7.79. The molecule has 4 rings (SSSR count). The van der Waals surface area contributed by atoms with Crippen molar-refractivity contribution in [1.82, 2.24) is 19.7 Å². The number of imidazole rings is 1. The number of fused-ring (bicyclic) bond motifs is 1. The molecule has 1 N–H and O–H groups in total. The van der Waals surface area contributed by atoms with Crippen LogP contribution in [0.4, 0.5) is 10.1 Å². The molecule has 5 nitrogen and oxygen atoms in total. The summed E-state index contributed by atoms with van der Waals surface area (Å²) in [5.74, 6) is -0.190. The van der Waals surface area contributed by atoms with Gasteiger partial charge >= 0.3 is 0 Å². The Balaban J connectivity index is 1.38. The summed E-state index contributed by atoms with van der Waals surface area (Å²) in [6.07, 6.45) is 8.42. The minimum atomic E-state index is -0.190. The zero-order chi connectivity index (χ0) is 15.6. The fourth-order valence-electron chi connectivity index (χ4n) is 3.09. The lowest BCUT2D eigenvalue weighted by atomic mass is 10.2. The molecule has 1 aliphatic rings. The molecule has 1 aliphatic heterocycles. The molecular weight excluding hydrogens is 293 g/mol. The van der Waals surface area contributed by atoms with Crippen LogP contribution in [0, 0.1) is 5.82 Å². The van der Waals surface area contributed by atoms with E-state index in [4.69, 9.17) is 0 Å². The zero-order valence-electron chi connectivity index (χ0n) is 12.7. The van der Waals surface area contributed by atoms with Crippen molar-refractivity contribution in [2.45, 2.75) is 19.0 Å². The van der Waals surface area contributed by atoms with E-state index in [1.807, 2.05) is 28.9 Å². The number of nitrogens with zero attached hydrogens (tertiary/aromatic N) is 4. The van der Waals surface area contributed by atoms with Gasteiger partial charge in [0.15, 0.2) is 5.65 Å². The zero-order valence-corrected chi connectivity index (χ0v) is 12.7. The number of hydrogen-bond donors (Lipinski definition) is 1. The highest BCUT2D eigenvalue weighted by atomic mass is 19.1. The van der Waals surface area contributed by atoms with Crippen LogP contribution < -0.4 is 10.2 Å². The third kappa shape index (κ3) is 2.90. The molecule has 118 valence electrons. The van der Waals surface area contributed by atoms with Gasteiger partial charge in [-0.25, -0.2) is 9.37 Å². The summed E-state index contributed by atoms with van der Waals surface area (Å²) in [7, 11) is 0. The van der Waals surface area contributed by atoms with Gasteiger partial charge in [0.2, 0.25) is 0 Å². The van der Waals surface area contributed by atoms with Crippen LogP contribution in [0.2, 0.25) is 0 Å². The van der Waals surface area contributed by atoms with Gasteiger partial charge in [-0.3, -0.25) is 9.38 Å². The molecule has 1 atom stereocenters. The predicted molar refractivity (Wildman–Crippen MR) is 86.8 cm³/mol. The Kier molecular flexibility index (Phi) is 3.67. The van der Waals surface area contributed by atoms with Gasteiger partial charge < -0.3 is 10.2 Å². The fourth-order valence-corrected chi connectivity index (χ4v) is 3.09.